The molecule has 1 atom stereocenters. The van der Waals surface area contributed by atoms with Gasteiger partial charge in [-0.25, -0.2) is 13.1 Å². The minimum atomic E-state index is -3.73. The molecule has 2 aromatic rings. The van der Waals surface area contributed by atoms with Crippen molar-refractivity contribution in [1.29, 1.82) is 0 Å². The van der Waals surface area contributed by atoms with E-state index < -0.39 is 15.6 Å². The van der Waals surface area contributed by atoms with Crippen LogP contribution in [0, 0.1) is 0 Å². The summed E-state index contributed by atoms with van der Waals surface area (Å²) in [5, 5.41) is 11.1. The number of aliphatic hydroxyl groups is 1. The van der Waals surface area contributed by atoms with Crippen molar-refractivity contribution in [2.24, 2.45) is 0 Å². The van der Waals surface area contributed by atoms with Gasteiger partial charge in [0.2, 0.25) is 10.0 Å². The van der Waals surface area contributed by atoms with Gasteiger partial charge in [0.15, 0.2) is 0 Å². The highest BCUT2D eigenvalue weighted by Crippen LogP contribution is 2.23. The van der Waals surface area contributed by atoms with Crippen LogP contribution in [-0.4, -0.2) is 30.7 Å². The highest BCUT2D eigenvalue weighted by atomic mass is 32.2. The number of hydrogen-bond donors (Lipinski definition) is 2. The molecule has 0 radical (unpaired) electrons. The summed E-state index contributed by atoms with van der Waals surface area (Å²) in [5.41, 5.74) is -0.674. The molecule has 5 nitrogen and oxygen atoms in total. The summed E-state index contributed by atoms with van der Waals surface area (Å²) >= 11 is 0. The van der Waals surface area contributed by atoms with E-state index >= 15 is 0 Å². The fourth-order valence-corrected chi connectivity index (χ4v) is 3.93. The average Bonchev–Trinajstić information content (AvgIpc) is 2.53. The number of para-hydroxylation sites is 1. The number of hydrogen-bond acceptors (Lipinski definition) is 4. The molecule has 0 aliphatic heterocycles. The minimum Gasteiger partial charge on any atom is -0.384 e. The van der Waals surface area contributed by atoms with Crippen LogP contribution in [0.3, 0.4) is 0 Å². The predicted octanol–water partition coefficient (Wildman–Crippen LogP) is 1.98. The third kappa shape index (κ3) is 3.04. The summed E-state index contributed by atoms with van der Waals surface area (Å²) in [6, 6.07) is 8.62. The van der Waals surface area contributed by atoms with Crippen molar-refractivity contribution in [3.05, 3.63) is 48.7 Å². The first-order valence-corrected chi connectivity index (χ1v) is 8.72. The van der Waals surface area contributed by atoms with Crippen LogP contribution in [0.1, 0.15) is 19.3 Å². The second-order valence-corrected chi connectivity index (χ2v) is 7.29. The second kappa shape index (κ2) is 5.79. The zero-order chi connectivity index (χ0) is 15.6. The normalized spacial score (nSPS) is 22.0. The quantitative estimate of drug-likeness (QED) is 0.845. The molecular formula is C16H18N2O3S. The molecule has 0 spiro atoms. The van der Waals surface area contributed by atoms with Crippen LogP contribution in [0.25, 0.3) is 10.9 Å². The number of aromatic nitrogens is 1. The maximum absolute atomic E-state index is 12.5. The smallest absolute Gasteiger partial charge is 0.242 e. The molecule has 0 amide bonds. The fourth-order valence-electron chi connectivity index (χ4n) is 2.65. The second-order valence-electron chi connectivity index (χ2n) is 5.55. The number of pyridine rings is 1. The van der Waals surface area contributed by atoms with Crippen LogP contribution < -0.4 is 4.72 Å². The lowest BCUT2D eigenvalue weighted by Gasteiger charge is -2.27. The molecule has 3 rings (SSSR count). The maximum Gasteiger partial charge on any atom is 0.242 e. The Kier molecular flexibility index (Phi) is 3.99. The predicted molar refractivity (Wildman–Crippen MR) is 84.9 cm³/mol. The summed E-state index contributed by atoms with van der Waals surface area (Å²) < 4.78 is 27.6. The lowest BCUT2D eigenvalue weighted by Crippen LogP contribution is -2.42. The van der Waals surface area contributed by atoms with Crippen LogP contribution in [-0.2, 0) is 10.0 Å². The molecule has 1 heterocycles. The van der Waals surface area contributed by atoms with Gasteiger partial charge in [-0.1, -0.05) is 30.4 Å². The van der Waals surface area contributed by atoms with E-state index in [4.69, 9.17) is 0 Å². The van der Waals surface area contributed by atoms with Gasteiger partial charge < -0.3 is 5.11 Å². The summed E-state index contributed by atoms with van der Waals surface area (Å²) in [7, 11) is -3.73. The minimum absolute atomic E-state index is 0.0327. The van der Waals surface area contributed by atoms with E-state index in [2.05, 4.69) is 9.71 Å². The molecule has 1 unspecified atom stereocenters. The topological polar surface area (TPSA) is 79.3 Å². The van der Waals surface area contributed by atoms with Crippen molar-refractivity contribution in [3.8, 4) is 0 Å². The molecule has 22 heavy (non-hydrogen) atoms. The Labute approximate surface area is 129 Å². The first-order valence-electron chi connectivity index (χ1n) is 7.24. The van der Waals surface area contributed by atoms with E-state index in [-0.39, 0.29) is 11.4 Å². The molecule has 116 valence electrons. The highest BCUT2D eigenvalue weighted by molar-refractivity contribution is 7.89. The lowest BCUT2D eigenvalue weighted by atomic mass is 9.91. The maximum atomic E-state index is 12.5. The molecule has 6 heteroatoms. The molecule has 1 aromatic carbocycles. The van der Waals surface area contributed by atoms with E-state index in [9.17, 15) is 13.5 Å². The molecule has 2 N–H and O–H groups in total. The number of benzene rings is 1. The van der Waals surface area contributed by atoms with E-state index in [1.54, 1.807) is 24.4 Å². The summed E-state index contributed by atoms with van der Waals surface area (Å²) in [6.45, 7) is -0.0327. The van der Waals surface area contributed by atoms with Crippen LogP contribution in [0.5, 0.6) is 0 Å². The third-order valence-corrected chi connectivity index (χ3v) is 5.29. The van der Waals surface area contributed by atoms with Gasteiger partial charge in [-0.05, 0) is 31.4 Å². The molecule has 0 saturated carbocycles. The molecular weight excluding hydrogens is 300 g/mol. The fraction of sp³-hybridized carbons (Fsp3) is 0.312. The van der Waals surface area contributed by atoms with Crippen LogP contribution in [0.4, 0.5) is 0 Å². The largest absolute Gasteiger partial charge is 0.384 e. The Balaban J connectivity index is 1.89. The number of nitrogens with zero attached hydrogens (tertiary/aromatic N) is 1. The van der Waals surface area contributed by atoms with Gasteiger partial charge >= 0.3 is 0 Å². The van der Waals surface area contributed by atoms with Crippen molar-refractivity contribution < 1.29 is 13.5 Å². The standard InChI is InChI=1S/C16H18N2O3S/c19-16(9-2-1-3-10-16)12-18-22(20,21)14-8-4-6-13-7-5-11-17-15(13)14/h2,4-9,11,18-19H,1,3,10,12H2. The van der Waals surface area contributed by atoms with Crippen molar-refractivity contribution >= 4 is 20.9 Å². The Morgan fingerprint density at radius 2 is 2.09 bits per heavy atom. The van der Waals surface area contributed by atoms with E-state index in [1.165, 1.54) is 6.07 Å². The van der Waals surface area contributed by atoms with Crippen LogP contribution >= 0.6 is 0 Å². The Morgan fingerprint density at radius 1 is 1.27 bits per heavy atom. The Morgan fingerprint density at radius 3 is 2.86 bits per heavy atom. The Bertz CT molecular complexity index is 812. The van der Waals surface area contributed by atoms with Crippen LogP contribution in [0.15, 0.2) is 53.6 Å². The van der Waals surface area contributed by atoms with Gasteiger partial charge in [0.1, 0.15) is 4.90 Å². The van der Waals surface area contributed by atoms with Gasteiger partial charge in [0.25, 0.3) is 0 Å². The summed E-state index contributed by atoms with van der Waals surface area (Å²) in [5.74, 6) is 0. The van der Waals surface area contributed by atoms with E-state index in [1.807, 2.05) is 18.2 Å². The number of fused-ring (bicyclic) bond motifs is 1. The molecule has 0 bridgehead atoms. The zero-order valence-electron chi connectivity index (χ0n) is 12.1. The molecule has 0 fully saturated rings. The average molecular weight is 318 g/mol. The highest BCUT2D eigenvalue weighted by Gasteiger charge is 2.28. The monoisotopic (exact) mass is 318 g/mol. The molecule has 0 saturated heterocycles. The van der Waals surface area contributed by atoms with E-state index in [0.717, 1.165) is 18.2 Å². The van der Waals surface area contributed by atoms with Gasteiger partial charge in [-0.3, -0.25) is 4.98 Å². The number of sulfonamides is 1. The summed E-state index contributed by atoms with van der Waals surface area (Å²) in [6.07, 6.45) is 7.46. The van der Waals surface area contributed by atoms with Crippen LogP contribution in [0.2, 0.25) is 0 Å². The van der Waals surface area contributed by atoms with Gasteiger partial charge in [-0.15, -0.1) is 0 Å². The van der Waals surface area contributed by atoms with Gasteiger partial charge in [-0.2, -0.15) is 0 Å². The van der Waals surface area contributed by atoms with E-state index in [0.29, 0.717) is 11.9 Å². The number of allylic oxidation sites excluding steroid dienone is 1. The lowest BCUT2D eigenvalue weighted by molar-refractivity contribution is 0.0797. The van der Waals surface area contributed by atoms with Crippen molar-refractivity contribution in [2.45, 2.75) is 29.8 Å². The molecule has 1 aliphatic carbocycles. The van der Waals surface area contributed by atoms with Gasteiger partial charge in [0.05, 0.1) is 11.1 Å². The Hall–Kier alpha value is -1.76. The number of rotatable bonds is 4. The first kappa shape index (κ1) is 15.1. The zero-order valence-corrected chi connectivity index (χ0v) is 12.9. The van der Waals surface area contributed by atoms with Gasteiger partial charge in [0, 0.05) is 18.1 Å². The van der Waals surface area contributed by atoms with Crippen molar-refractivity contribution in [2.75, 3.05) is 6.54 Å². The molecule has 1 aromatic heterocycles. The number of nitrogens with one attached hydrogen (secondary N) is 1. The third-order valence-electron chi connectivity index (χ3n) is 3.86. The first-order chi connectivity index (χ1) is 10.5. The van der Waals surface area contributed by atoms with Crippen molar-refractivity contribution in [1.82, 2.24) is 9.71 Å². The SMILES string of the molecule is O=S(=O)(NCC1(O)C=CCCC1)c1cccc2cccnc12. The van der Waals surface area contributed by atoms with Crippen molar-refractivity contribution in [3.63, 3.8) is 0 Å². The molecule has 1 aliphatic rings. The summed E-state index contributed by atoms with van der Waals surface area (Å²) in [4.78, 5) is 4.30.